The number of benzene rings is 2. The molecule has 0 saturated heterocycles. The molecule has 0 unspecified atom stereocenters. The average molecular weight is 524 g/mol. The molecule has 3 aromatic rings. The Morgan fingerprint density at radius 3 is 1.92 bits per heavy atom. The predicted molar refractivity (Wildman–Crippen MR) is 120 cm³/mol. The summed E-state index contributed by atoms with van der Waals surface area (Å²) in [5.74, 6) is -6.43. The number of nitrogens with one attached hydrogen (secondary N) is 1. The molecule has 0 aliphatic carbocycles. The Bertz CT molecular complexity index is 1200. The maximum absolute atomic E-state index is 13.8. The lowest BCUT2D eigenvalue weighted by atomic mass is 9.87. The minimum absolute atomic E-state index is 0.221. The van der Waals surface area contributed by atoms with Gasteiger partial charge in [0.15, 0.2) is 17.2 Å². The fourth-order valence-corrected chi connectivity index (χ4v) is 3.64. The smallest absolute Gasteiger partial charge is 0.419 e. The van der Waals surface area contributed by atoms with Gasteiger partial charge in [0.05, 0.1) is 7.11 Å². The monoisotopic (exact) mass is 524 g/mol. The van der Waals surface area contributed by atoms with Crippen molar-refractivity contribution in [3.05, 3.63) is 89.2 Å². The predicted octanol–water partition coefficient (Wildman–Crippen LogP) is 4.50. The minimum atomic E-state index is -5.28. The summed E-state index contributed by atoms with van der Waals surface area (Å²) in [4.78, 5) is 28.7. The number of halogens is 5. The largest absolute Gasteiger partial charge is 0.503 e. The number of aromatic nitrogens is 1. The van der Waals surface area contributed by atoms with Crippen molar-refractivity contribution in [1.29, 1.82) is 0 Å². The number of alkyl halides is 3. The molecule has 0 aliphatic rings. The van der Waals surface area contributed by atoms with E-state index >= 15 is 0 Å². The van der Waals surface area contributed by atoms with Gasteiger partial charge in [-0.15, -0.1) is 0 Å². The lowest BCUT2D eigenvalue weighted by Crippen LogP contribution is -2.52. The van der Waals surface area contributed by atoms with Crippen molar-refractivity contribution in [3.8, 4) is 11.5 Å². The molecular weight excluding hydrogens is 503 g/mol. The number of hydrogen-bond donors (Lipinski definition) is 2. The Hall–Kier alpha value is -4.22. The topological polar surface area (TPSA) is 97.8 Å². The third kappa shape index (κ3) is 6.51. The molecule has 12 heteroatoms. The van der Waals surface area contributed by atoms with Gasteiger partial charge in [-0.1, -0.05) is 24.3 Å². The van der Waals surface area contributed by atoms with Crippen LogP contribution in [0.2, 0.25) is 0 Å². The van der Waals surface area contributed by atoms with Gasteiger partial charge < -0.3 is 19.9 Å². The van der Waals surface area contributed by atoms with Crippen molar-refractivity contribution in [2.45, 2.75) is 31.2 Å². The highest BCUT2D eigenvalue weighted by Gasteiger charge is 2.48. The van der Waals surface area contributed by atoms with Gasteiger partial charge >= 0.3 is 12.1 Å². The molecule has 0 spiro atoms. The van der Waals surface area contributed by atoms with E-state index in [4.69, 9.17) is 9.47 Å². The molecule has 1 amide bonds. The summed E-state index contributed by atoms with van der Waals surface area (Å²) in [6.45, 7) is 1.31. The number of rotatable bonds is 8. The van der Waals surface area contributed by atoms with Gasteiger partial charge in [-0.2, -0.15) is 13.2 Å². The van der Waals surface area contributed by atoms with Gasteiger partial charge in [0.25, 0.3) is 5.91 Å². The van der Waals surface area contributed by atoms with Crippen LogP contribution in [0.4, 0.5) is 22.0 Å². The summed E-state index contributed by atoms with van der Waals surface area (Å²) in [6.07, 6.45) is -5.53. The van der Waals surface area contributed by atoms with Crippen molar-refractivity contribution in [2.75, 3.05) is 7.11 Å². The molecule has 37 heavy (non-hydrogen) atoms. The number of nitrogens with zero attached hydrogens (tertiary/aromatic N) is 1. The van der Waals surface area contributed by atoms with Gasteiger partial charge in [0.1, 0.15) is 17.7 Å². The van der Waals surface area contributed by atoms with Gasteiger partial charge in [-0.3, -0.25) is 4.79 Å². The number of esters is 1. The molecule has 1 aromatic heterocycles. The Balaban J connectivity index is 1.88. The van der Waals surface area contributed by atoms with E-state index in [-0.39, 0.29) is 5.75 Å². The maximum atomic E-state index is 13.8. The van der Waals surface area contributed by atoms with Gasteiger partial charge in [-0.05, 0) is 42.3 Å². The molecule has 0 fully saturated rings. The van der Waals surface area contributed by atoms with Crippen molar-refractivity contribution < 1.29 is 46.1 Å². The molecule has 2 atom stereocenters. The van der Waals surface area contributed by atoms with E-state index in [2.05, 4.69) is 4.98 Å². The van der Waals surface area contributed by atoms with E-state index in [1.807, 2.05) is 0 Å². The van der Waals surface area contributed by atoms with Crippen LogP contribution in [-0.2, 0) is 9.53 Å². The lowest BCUT2D eigenvalue weighted by Gasteiger charge is -2.28. The van der Waals surface area contributed by atoms with Gasteiger partial charge in [0.2, 0.25) is 6.04 Å². The highest BCUT2D eigenvalue weighted by Crippen LogP contribution is 2.32. The Morgan fingerprint density at radius 1 is 0.946 bits per heavy atom. The average Bonchev–Trinajstić information content (AvgIpc) is 2.84. The summed E-state index contributed by atoms with van der Waals surface area (Å²) in [5.41, 5.74) is -0.0391. The van der Waals surface area contributed by atoms with Crippen LogP contribution >= 0.6 is 0 Å². The highest BCUT2D eigenvalue weighted by atomic mass is 19.4. The number of amides is 1. The summed E-state index contributed by atoms with van der Waals surface area (Å²) in [5, 5.41) is 11.5. The minimum Gasteiger partial charge on any atom is -0.503 e. The van der Waals surface area contributed by atoms with Gasteiger partial charge in [-0.25, -0.2) is 18.6 Å². The van der Waals surface area contributed by atoms with E-state index in [0.717, 1.165) is 37.6 Å². The van der Waals surface area contributed by atoms with Crippen molar-refractivity contribution >= 4 is 11.9 Å². The normalized spacial score (nSPS) is 13.1. The molecular formula is C25H21F5N2O5. The summed E-state index contributed by atoms with van der Waals surface area (Å²) < 4.78 is 78.2. The number of hydrogen-bond acceptors (Lipinski definition) is 6. The zero-order valence-corrected chi connectivity index (χ0v) is 19.4. The molecule has 7 nitrogen and oxygen atoms in total. The van der Waals surface area contributed by atoms with Crippen LogP contribution < -0.4 is 10.1 Å². The first-order valence-electron chi connectivity index (χ1n) is 10.7. The van der Waals surface area contributed by atoms with E-state index in [1.165, 1.54) is 42.6 Å². The van der Waals surface area contributed by atoms with Crippen molar-refractivity contribution in [1.82, 2.24) is 10.3 Å². The van der Waals surface area contributed by atoms with E-state index in [1.54, 1.807) is 0 Å². The van der Waals surface area contributed by atoms with Crippen molar-refractivity contribution in [2.24, 2.45) is 0 Å². The zero-order chi connectivity index (χ0) is 27.3. The fourth-order valence-electron chi connectivity index (χ4n) is 3.64. The van der Waals surface area contributed by atoms with Crippen LogP contribution in [0, 0.1) is 11.6 Å². The first-order chi connectivity index (χ1) is 17.4. The third-order valence-corrected chi connectivity index (χ3v) is 5.39. The first kappa shape index (κ1) is 27.4. The Kier molecular flexibility index (Phi) is 8.31. The van der Waals surface area contributed by atoms with Crippen LogP contribution in [0.25, 0.3) is 0 Å². The van der Waals surface area contributed by atoms with Crippen molar-refractivity contribution in [3.63, 3.8) is 0 Å². The third-order valence-electron chi connectivity index (χ3n) is 5.39. The van der Waals surface area contributed by atoms with E-state index in [0.29, 0.717) is 11.1 Å². The second-order valence-corrected chi connectivity index (χ2v) is 7.88. The van der Waals surface area contributed by atoms with E-state index < -0.39 is 59.2 Å². The molecule has 0 saturated carbocycles. The summed E-state index contributed by atoms with van der Waals surface area (Å²) >= 11 is 0. The molecule has 1 heterocycles. The quantitative estimate of drug-likeness (QED) is 0.333. The van der Waals surface area contributed by atoms with Crippen LogP contribution in [0.15, 0.2) is 60.8 Å². The van der Waals surface area contributed by atoms with Crippen LogP contribution in [0.1, 0.15) is 34.5 Å². The summed E-state index contributed by atoms with van der Waals surface area (Å²) in [6, 6.07) is 7.95. The number of methoxy groups -OCH3 is 1. The molecule has 3 rings (SSSR count). The number of pyridine rings is 1. The molecule has 196 valence electrons. The number of ether oxygens (including phenoxy) is 2. The SMILES string of the molecule is COc1ccnc(C(=O)N[C@H](C(=O)O[C@@H](C)C(c2ccc(F)cc2)c2ccc(F)cc2)C(F)(F)F)c1O. The first-order valence-corrected chi connectivity index (χ1v) is 10.7. The Labute approximate surface area is 207 Å². The van der Waals surface area contributed by atoms with Crippen LogP contribution in [0.5, 0.6) is 11.5 Å². The van der Waals surface area contributed by atoms with Gasteiger partial charge in [0, 0.05) is 18.2 Å². The molecule has 0 radical (unpaired) electrons. The maximum Gasteiger partial charge on any atom is 0.419 e. The van der Waals surface area contributed by atoms with E-state index in [9.17, 15) is 36.6 Å². The molecule has 0 aliphatic heterocycles. The number of aromatic hydroxyl groups is 1. The summed E-state index contributed by atoms with van der Waals surface area (Å²) in [7, 11) is 1.16. The highest BCUT2D eigenvalue weighted by molar-refractivity contribution is 5.98. The molecule has 0 bridgehead atoms. The zero-order valence-electron chi connectivity index (χ0n) is 19.4. The fraction of sp³-hybridized carbons (Fsp3) is 0.240. The second-order valence-electron chi connectivity index (χ2n) is 7.88. The Morgan fingerprint density at radius 2 is 1.46 bits per heavy atom. The second kappa shape index (κ2) is 11.2. The number of carbonyl (C=O) groups excluding carboxylic acids is 2. The van der Waals surface area contributed by atoms with Crippen LogP contribution in [0.3, 0.4) is 0 Å². The molecule has 2 aromatic carbocycles. The number of carbonyl (C=O) groups is 2. The molecule has 2 N–H and O–H groups in total. The van der Waals surface area contributed by atoms with Crippen LogP contribution in [-0.4, -0.2) is 47.4 Å². The lowest BCUT2D eigenvalue weighted by molar-refractivity contribution is -0.186. The standard InChI is InChI=1S/C25H21F5N2O5/c1-13(19(14-3-7-16(26)8-4-14)15-5-9-17(27)10-6-15)37-24(35)22(25(28,29)30)32-23(34)20-21(33)18(36-2)11-12-31-20/h3-13,19,22,33H,1-2H3,(H,32,34)/t13-,22+/m0/s1.